The summed E-state index contributed by atoms with van der Waals surface area (Å²) in [5.74, 6) is 0.675. The van der Waals surface area contributed by atoms with E-state index in [0.717, 1.165) is 18.9 Å². The minimum absolute atomic E-state index is 0.186. The highest BCUT2D eigenvalue weighted by Crippen LogP contribution is 2.19. The molecule has 4 nitrogen and oxygen atoms in total. The number of nitrogens with zero attached hydrogens (tertiary/aromatic N) is 1. The second-order valence-corrected chi connectivity index (χ2v) is 5.76. The lowest BCUT2D eigenvalue weighted by Gasteiger charge is -2.32. The average Bonchev–Trinajstić information content (AvgIpc) is 2.34. The van der Waals surface area contributed by atoms with Crippen molar-refractivity contribution in [3.05, 3.63) is 0 Å². The largest absolute Gasteiger partial charge is 0.368 e. The van der Waals surface area contributed by atoms with Gasteiger partial charge in [-0.25, -0.2) is 0 Å². The molecule has 4 heteroatoms. The molecule has 1 amide bonds. The molecule has 1 unspecified atom stereocenters. The number of hydrogen-bond donors (Lipinski definition) is 2. The fourth-order valence-corrected chi connectivity index (χ4v) is 2.64. The fourth-order valence-electron chi connectivity index (χ4n) is 2.64. The number of nitrogens with two attached hydrogens (primary N) is 1. The second-order valence-electron chi connectivity index (χ2n) is 5.76. The first-order valence-corrected chi connectivity index (χ1v) is 7.30. The number of rotatable bonds is 7. The maximum atomic E-state index is 11.3. The Morgan fingerprint density at radius 2 is 2.00 bits per heavy atom. The van der Waals surface area contributed by atoms with Gasteiger partial charge in [0, 0.05) is 12.6 Å². The lowest BCUT2D eigenvalue weighted by atomic mass is 9.94. The van der Waals surface area contributed by atoms with Crippen LogP contribution in [0, 0.1) is 5.92 Å². The van der Waals surface area contributed by atoms with Crippen LogP contribution in [0.3, 0.4) is 0 Å². The summed E-state index contributed by atoms with van der Waals surface area (Å²) < 4.78 is 0. The minimum atomic E-state index is -0.229. The Labute approximate surface area is 111 Å². The van der Waals surface area contributed by atoms with Crippen LogP contribution in [0.1, 0.15) is 46.5 Å². The van der Waals surface area contributed by atoms with Gasteiger partial charge in [-0.1, -0.05) is 27.2 Å². The highest BCUT2D eigenvalue weighted by Gasteiger charge is 2.21. The van der Waals surface area contributed by atoms with E-state index in [9.17, 15) is 4.79 Å². The van der Waals surface area contributed by atoms with E-state index in [2.05, 4.69) is 17.1 Å². The molecule has 1 heterocycles. The van der Waals surface area contributed by atoms with Gasteiger partial charge in [0.1, 0.15) is 0 Å². The molecule has 0 bridgehead atoms. The van der Waals surface area contributed by atoms with Crippen molar-refractivity contribution in [2.75, 3.05) is 19.6 Å². The summed E-state index contributed by atoms with van der Waals surface area (Å²) in [5, 5.41) is 3.24. The Bertz CT molecular complexity index is 247. The monoisotopic (exact) mass is 255 g/mol. The Balaban J connectivity index is 2.28. The first-order valence-electron chi connectivity index (χ1n) is 7.30. The maximum Gasteiger partial charge on any atom is 0.234 e. The molecule has 1 atom stereocenters. The number of likely N-dealkylation sites (tertiary alicyclic amines) is 1. The van der Waals surface area contributed by atoms with Crippen molar-refractivity contribution >= 4 is 5.91 Å². The molecule has 0 aromatic carbocycles. The van der Waals surface area contributed by atoms with E-state index in [1.165, 1.54) is 32.4 Å². The van der Waals surface area contributed by atoms with Crippen molar-refractivity contribution in [1.29, 1.82) is 0 Å². The van der Waals surface area contributed by atoms with Gasteiger partial charge in [0.15, 0.2) is 0 Å². The quantitative estimate of drug-likeness (QED) is 0.722. The van der Waals surface area contributed by atoms with Crippen LogP contribution in [0.5, 0.6) is 0 Å². The first kappa shape index (κ1) is 15.4. The van der Waals surface area contributed by atoms with Crippen LogP contribution in [0.4, 0.5) is 0 Å². The van der Waals surface area contributed by atoms with Gasteiger partial charge in [0.2, 0.25) is 5.91 Å². The zero-order valence-electron chi connectivity index (χ0n) is 12.1. The molecule has 0 spiro atoms. The molecule has 1 rings (SSSR count). The van der Waals surface area contributed by atoms with Crippen molar-refractivity contribution in [2.45, 2.75) is 58.5 Å². The highest BCUT2D eigenvalue weighted by molar-refractivity contribution is 5.79. The van der Waals surface area contributed by atoms with Gasteiger partial charge in [-0.05, 0) is 38.3 Å². The summed E-state index contributed by atoms with van der Waals surface area (Å²) in [7, 11) is 0. The van der Waals surface area contributed by atoms with E-state index in [1.807, 2.05) is 13.8 Å². The zero-order chi connectivity index (χ0) is 13.5. The Morgan fingerprint density at radius 3 is 2.44 bits per heavy atom. The predicted molar refractivity (Wildman–Crippen MR) is 75.3 cm³/mol. The molecule has 0 aromatic heterocycles. The van der Waals surface area contributed by atoms with E-state index < -0.39 is 0 Å². The average molecular weight is 255 g/mol. The van der Waals surface area contributed by atoms with Gasteiger partial charge in [0.05, 0.1) is 6.04 Å². The third-order valence-electron chi connectivity index (χ3n) is 3.90. The third kappa shape index (κ3) is 5.36. The molecule has 3 N–H and O–H groups in total. The summed E-state index contributed by atoms with van der Waals surface area (Å²) in [6, 6.07) is 0.113. The van der Waals surface area contributed by atoms with Gasteiger partial charge >= 0.3 is 0 Å². The minimum Gasteiger partial charge on any atom is -0.368 e. The normalized spacial score (nSPS) is 20.2. The molecule has 1 saturated heterocycles. The van der Waals surface area contributed by atoms with E-state index in [1.54, 1.807) is 0 Å². The number of nitrogens with one attached hydrogen (secondary N) is 1. The molecule has 0 aliphatic carbocycles. The lowest BCUT2D eigenvalue weighted by Crippen LogP contribution is -2.47. The Hall–Kier alpha value is -0.610. The SMILES string of the molecule is CCC1CCN(CCC(NC(C)C)C(N)=O)CC1. The number of carbonyl (C=O) groups excluding carboxylic acids is 1. The van der Waals surface area contributed by atoms with Crippen molar-refractivity contribution in [3.8, 4) is 0 Å². The van der Waals surface area contributed by atoms with Crippen LogP contribution in [-0.2, 0) is 4.79 Å². The van der Waals surface area contributed by atoms with Gasteiger partial charge in [-0.2, -0.15) is 0 Å². The molecular weight excluding hydrogens is 226 g/mol. The van der Waals surface area contributed by atoms with Crippen LogP contribution in [0.15, 0.2) is 0 Å². The van der Waals surface area contributed by atoms with Crippen molar-refractivity contribution in [3.63, 3.8) is 0 Å². The predicted octanol–water partition coefficient (Wildman–Crippen LogP) is 1.35. The van der Waals surface area contributed by atoms with Gasteiger partial charge in [-0.15, -0.1) is 0 Å². The second kappa shape index (κ2) is 7.74. The Morgan fingerprint density at radius 1 is 1.39 bits per heavy atom. The van der Waals surface area contributed by atoms with Gasteiger partial charge < -0.3 is 16.0 Å². The molecule has 1 fully saturated rings. The summed E-state index contributed by atoms with van der Waals surface area (Å²) in [6.45, 7) is 9.68. The van der Waals surface area contributed by atoms with E-state index in [0.29, 0.717) is 6.04 Å². The van der Waals surface area contributed by atoms with Crippen molar-refractivity contribution in [2.24, 2.45) is 11.7 Å². The molecule has 1 aliphatic heterocycles. The molecule has 1 aliphatic rings. The lowest BCUT2D eigenvalue weighted by molar-refractivity contribution is -0.120. The maximum absolute atomic E-state index is 11.3. The van der Waals surface area contributed by atoms with E-state index in [-0.39, 0.29) is 11.9 Å². The molecule has 0 radical (unpaired) electrons. The number of piperidine rings is 1. The van der Waals surface area contributed by atoms with Gasteiger partial charge in [-0.3, -0.25) is 4.79 Å². The van der Waals surface area contributed by atoms with E-state index in [4.69, 9.17) is 5.73 Å². The summed E-state index contributed by atoms with van der Waals surface area (Å²) in [5.41, 5.74) is 5.42. The summed E-state index contributed by atoms with van der Waals surface area (Å²) >= 11 is 0. The number of amides is 1. The summed E-state index contributed by atoms with van der Waals surface area (Å²) in [6.07, 6.45) is 4.72. The zero-order valence-corrected chi connectivity index (χ0v) is 12.1. The molecule has 18 heavy (non-hydrogen) atoms. The van der Waals surface area contributed by atoms with Crippen LogP contribution in [-0.4, -0.2) is 42.5 Å². The van der Waals surface area contributed by atoms with Crippen molar-refractivity contribution < 1.29 is 4.79 Å². The smallest absolute Gasteiger partial charge is 0.234 e. The third-order valence-corrected chi connectivity index (χ3v) is 3.90. The van der Waals surface area contributed by atoms with Crippen LogP contribution in [0.25, 0.3) is 0 Å². The topological polar surface area (TPSA) is 58.4 Å². The Kier molecular flexibility index (Phi) is 6.65. The fraction of sp³-hybridized carbons (Fsp3) is 0.929. The standard InChI is InChI=1S/C14H29N3O/c1-4-12-5-8-17(9-6-12)10-7-13(14(15)18)16-11(2)3/h11-13,16H,4-10H2,1-3H3,(H2,15,18). The molecular formula is C14H29N3O. The van der Waals surface area contributed by atoms with Crippen LogP contribution >= 0.6 is 0 Å². The van der Waals surface area contributed by atoms with Crippen LogP contribution < -0.4 is 11.1 Å². The number of primary amides is 1. The molecule has 0 aromatic rings. The first-order chi connectivity index (χ1) is 8.52. The van der Waals surface area contributed by atoms with E-state index >= 15 is 0 Å². The van der Waals surface area contributed by atoms with Crippen molar-refractivity contribution in [1.82, 2.24) is 10.2 Å². The van der Waals surface area contributed by atoms with Crippen LogP contribution in [0.2, 0.25) is 0 Å². The van der Waals surface area contributed by atoms with Gasteiger partial charge in [0.25, 0.3) is 0 Å². The number of hydrogen-bond acceptors (Lipinski definition) is 3. The number of carbonyl (C=O) groups is 1. The highest BCUT2D eigenvalue weighted by atomic mass is 16.1. The molecule has 0 saturated carbocycles. The summed E-state index contributed by atoms with van der Waals surface area (Å²) in [4.78, 5) is 13.8. The molecule has 106 valence electrons.